The number of carbonyl (C=O) groups is 2. The molecule has 0 radical (unpaired) electrons. The lowest BCUT2D eigenvalue weighted by molar-refractivity contribution is -0.143. The summed E-state index contributed by atoms with van der Waals surface area (Å²) in [5, 5.41) is 2.44. The molecule has 0 saturated carbocycles. The number of fused-ring (bicyclic) bond motifs is 1. The molecular formula is C19H17F2NO7. The van der Waals surface area contributed by atoms with Crippen LogP contribution in [0.15, 0.2) is 36.4 Å². The first-order valence-electron chi connectivity index (χ1n) is 8.41. The van der Waals surface area contributed by atoms with Crippen molar-refractivity contribution in [2.75, 3.05) is 20.4 Å². The molecule has 1 amide bonds. The molecule has 0 aromatic heterocycles. The Balaban J connectivity index is 1.49. The molecule has 1 aliphatic heterocycles. The maximum Gasteiger partial charge on any atom is 0.387 e. The van der Waals surface area contributed by atoms with Gasteiger partial charge in [0.2, 0.25) is 6.79 Å². The molecule has 0 spiro atoms. The Morgan fingerprint density at radius 3 is 2.66 bits per heavy atom. The molecule has 0 unspecified atom stereocenters. The third kappa shape index (κ3) is 5.24. The van der Waals surface area contributed by atoms with Crippen molar-refractivity contribution in [1.82, 2.24) is 5.32 Å². The minimum absolute atomic E-state index is 0.0787. The van der Waals surface area contributed by atoms with Crippen molar-refractivity contribution >= 4 is 11.9 Å². The fourth-order valence-corrected chi connectivity index (χ4v) is 2.50. The average Bonchev–Trinajstić information content (AvgIpc) is 3.18. The standard InChI is InChI=1S/C19H17F2NO7/c1-25-15-6-11(2-4-14(15)29-19(20)21)9-26-17(23)8-22-18(24)12-3-5-13-16(7-12)28-10-27-13/h2-7,19H,8-10H2,1H3,(H,22,24). The molecule has 1 heterocycles. The van der Waals surface area contributed by atoms with Crippen molar-refractivity contribution in [3.63, 3.8) is 0 Å². The first kappa shape index (κ1) is 20.2. The highest BCUT2D eigenvalue weighted by Crippen LogP contribution is 2.32. The number of alkyl halides is 2. The van der Waals surface area contributed by atoms with Gasteiger partial charge in [-0.25, -0.2) is 0 Å². The minimum Gasteiger partial charge on any atom is -0.493 e. The van der Waals surface area contributed by atoms with Gasteiger partial charge >= 0.3 is 12.6 Å². The van der Waals surface area contributed by atoms with Gasteiger partial charge in [-0.1, -0.05) is 6.07 Å². The van der Waals surface area contributed by atoms with Crippen LogP contribution < -0.4 is 24.3 Å². The number of esters is 1. The number of benzene rings is 2. The zero-order valence-corrected chi connectivity index (χ0v) is 15.3. The topological polar surface area (TPSA) is 92.3 Å². The molecule has 3 rings (SSSR count). The van der Waals surface area contributed by atoms with Gasteiger partial charge in [0.25, 0.3) is 5.91 Å². The van der Waals surface area contributed by atoms with Crippen LogP contribution in [0.4, 0.5) is 8.78 Å². The van der Waals surface area contributed by atoms with Crippen LogP contribution in [-0.2, 0) is 16.1 Å². The number of carbonyl (C=O) groups excluding carboxylic acids is 2. The molecule has 8 nitrogen and oxygen atoms in total. The second kappa shape index (κ2) is 9.09. The summed E-state index contributed by atoms with van der Waals surface area (Å²) in [4.78, 5) is 24.0. The number of hydrogen-bond acceptors (Lipinski definition) is 7. The maximum absolute atomic E-state index is 12.3. The van der Waals surface area contributed by atoms with E-state index in [9.17, 15) is 18.4 Å². The Labute approximate surface area is 164 Å². The molecule has 0 bridgehead atoms. The SMILES string of the molecule is COc1cc(COC(=O)CNC(=O)c2ccc3c(c2)OCO3)ccc1OC(F)F. The number of nitrogens with one attached hydrogen (secondary N) is 1. The van der Waals surface area contributed by atoms with Gasteiger partial charge < -0.3 is 29.0 Å². The van der Waals surface area contributed by atoms with E-state index in [0.29, 0.717) is 22.6 Å². The molecule has 1 aliphatic rings. The van der Waals surface area contributed by atoms with Crippen LogP contribution in [-0.4, -0.2) is 38.9 Å². The molecule has 29 heavy (non-hydrogen) atoms. The first-order valence-corrected chi connectivity index (χ1v) is 8.41. The van der Waals surface area contributed by atoms with E-state index < -0.39 is 18.5 Å². The summed E-state index contributed by atoms with van der Waals surface area (Å²) in [7, 11) is 1.30. The van der Waals surface area contributed by atoms with Crippen LogP contribution in [0.25, 0.3) is 0 Å². The molecule has 10 heteroatoms. The van der Waals surface area contributed by atoms with Crippen molar-refractivity contribution in [2.24, 2.45) is 0 Å². The monoisotopic (exact) mass is 409 g/mol. The van der Waals surface area contributed by atoms with E-state index in [1.54, 1.807) is 12.1 Å². The van der Waals surface area contributed by atoms with E-state index in [0.717, 1.165) is 0 Å². The van der Waals surface area contributed by atoms with E-state index in [-0.39, 0.29) is 31.4 Å². The summed E-state index contributed by atoms with van der Waals surface area (Å²) >= 11 is 0. The second-order valence-electron chi connectivity index (χ2n) is 5.78. The number of ether oxygens (including phenoxy) is 5. The van der Waals surface area contributed by atoms with E-state index >= 15 is 0 Å². The predicted octanol–water partition coefficient (Wildman–Crippen LogP) is 2.50. The third-order valence-electron chi connectivity index (χ3n) is 3.87. The van der Waals surface area contributed by atoms with Crippen molar-refractivity contribution in [3.05, 3.63) is 47.5 Å². The van der Waals surface area contributed by atoms with Gasteiger partial charge in [0.05, 0.1) is 7.11 Å². The maximum atomic E-state index is 12.3. The fraction of sp³-hybridized carbons (Fsp3) is 0.263. The van der Waals surface area contributed by atoms with E-state index in [1.807, 2.05) is 0 Å². The molecule has 0 aliphatic carbocycles. The van der Waals surface area contributed by atoms with Crippen molar-refractivity contribution in [3.8, 4) is 23.0 Å². The molecule has 2 aromatic rings. The van der Waals surface area contributed by atoms with Gasteiger partial charge in [0, 0.05) is 5.56 Å². The molecular weight excluding hydrogens is 392 g/mol. The summed E-state index contributed by atoms with van der Waals surface area (Å²) in [5.74, 6) is -0.209. The molecule has 0 saturated heterocycles. The lowest BCUT2D eigenvalue weighted by Gasteiger charge is -2.12. The van der Waals surface area contributed by atoms with Gasteiger partial charge in [-0.05, 0) is 35.9 Å². The number of amides is 1. The van der Waals surface area contributed by atoms with E-state index in [2.05, 4.69) is 10.1 Å². The highest BCUT2D eigenvalue weighted by molar-refractivity contribution is 5.96. The quantitative estimate of drug-likeness (QED) is 0.670. The lowest BCUT2D eigenvalue weighted by atomic mass is 10.2. The molecule has 154 valence electrons. The predicted molar refractivity (Wildman–Crippen MR) is 94.3 cm³/mol. The second-order valence-corrected chi connectivity index (χ2v) is 5.78. The fourth-order valence-electron chi connectivity index (χ4n) is 2.50. The van der Waals surface area contributed by atoms with Gasteiger partial charge in [-0.2, -0.15) is 8.78 Å². The Kier molecular flexibility index (Phi) is 6.32. The van der Waals surface area contributed by atoms with Gasteiger partial charge in [0.1, 0.15) is 13.2 Å². The number of methoxy groups -OCH3 is 1. The van der Waals surface area contributed by atoms with Crippen molar-refractivity contribution in [1.29, 1.82) is 0 Å². The summed E-state index contributed by atoms with van der Waals surface area (Å²) in [5.41, 5.74) is 0.806. The van der Waals surface area contributed by atoms with Crippen LogP contribution in [0, 0.1) is 0 Å². The van der Waals surface area contributed by atoms with Gasteiger partial charge in [0.15, 0.2) is 23.0 Å². The highest BCUT2D eigenvalue weighted by atomic mass is 19.3. The number of halogens is 2. The van der Waals surface area contributed by atoms with Crippen LogP contribution in [0.2, 0.25) is 0 Å². The lowest BCUT2D eigenvalue weighted by Crippen LogP contribution is -2.30. The smallest absolute Gasteiger partial charge is 0.387 e. The highest BCUT2D eigenvalue weighted by Gasteiger charge is 2.17. The van der Waals surface area contributed by atoms with Crippen molar-refractivity contribution in [2.45, 2.75) is 13.2 Å². The summed E-state index contributed by atoms with van der Waals surface area (Å²) < 4.78 is 49.4. The normalized spacial score (nSPS) is 11.9. The Morgan fingerprint density at radius 1 is 1.10 bits per heavy atom. The average molecular weight is 409 g/mol. The largest absolute Gasteiger partial charge is 0.493 e. The van der Waals surface area contributed by atoms with Gasteiger partial charge in [-0.15, -0.1) is 0 Å². The van der Waals surface area contributed by atoms with Crippen LogP contribution in [0.3, 0.4) is 0 Å². The van der Waals surface area contributed by atoms with E-state index in [4.69, 9.17) is 18.9 Å². The zero-order chi connectivity index (χ0) is 20.8. The van der Waals surface area contributed by atoms with Crippen LogP contribution >= 0.6 is 0 Å². The summed E-state index contributed by atoms with van der Waals surface area (Å²) in [6.07, 6.45) is 0. The molecule has 2 aromatic carbocycles. The number of rotatable bonds is 8. The van der Waals surface area contributed by atoms with Crippen molar-refractivity contribution < 1.29 is 42.1 Å². The zero-order valence-electron chi connectivity index (χ0n) is 15.3. The van der Waals surface area contributed by atoms with Crippen LogP contribution in [0.5, 0.6) is 23.0 Å². The summed E-state index contributed by atoms with van der Waals surface area (Å²) in [6, 6.07) is 8.82. The first-order chi connectivity index (χ1) is 14.0. The molecule has 0 atom stereocenters. The Morgan fingerprint density at radius 2 is 1.90 bits per heavy atom. The Bertz CT molecular complexity index is 904. The third-order valence-corrected chi connectivity index (χ3v) is 3.87. The molecule has 0 fully saturated rings. The molecule has 1 N–H and O–H groups in total. The van der Waals surface area contributed by atoms with Crippen LogP contribution in [0.1, 0.15) is 15.9 Å². The van der Waals surface area contributed by atoms with Gasteiger partial charge in [-0.3, -0.25) is 9.59 Å². The Hall–Kier alpha value is -3.56. The van der Waals surface area contributed by atoms with E-state index in [1.165, 1.54) is 31.4 Å². The number of hydrogen-bond donors (Lipinski definition) is 1. The minimum atomic E-state index is -2.99. The summed E-state index contributed by atoms with van der Waals surface area (Å²) in [6.45, 7) is -3.38.